The fourth-order valence-corrected chi connectivity index (χ4v) is 2.23. The van der Waals surface area contributed by atoms with Gasteiger partial charge in [0.25, 0.3) is 0 Å². The molecule has 0 spiro atoms. The first-order valence-electron chi connectivity index (χ1n) is 6.93. The molecule has 0 unspecified atom stereocenters. The fourth-order valence-electron chi connectivity index (χ4n) is 2.23. The van der Waals surface area contributed by atoms with Crippen molar-refractivity contribution in [2.45, 2.75) is 6.92 Å². The zero-order valence-corrected chi connectivity index (χ0v) is 11.6. The van der Waals surface area contributed by atoms with E-state index in [1.54, 1.807) is 6.20 Å². The molecule has 104 valence electrons. The van der Waals surface area contributed by atoms with Crippen LogP contribution in [-0.2, 0) is 0 Å². The van der Waals surface area contributed by atoms with E-state index in [-0.39, 0.29) is 0 Å². The number of anilines is 3. The van der Waals surface area contributed by atoms with E-state index in [0.29, 0.717) is 0 Å². The standard InChI is InChI=1S/C15H19N5/c1-12-2-4-13(5-3-12)19-14-10-18-15(11-17-14)20-8-6-16-7-9-20/h2-5,10-11,16H,6-9H2,1H3,(H,17,19). The predicted octanol–water partition coefficient (Wildman–Crippen LogP) is 1.94. The summed E-state index contributed by atoms with van der Waals surface area (Å²) in [6.45, 7) is 6.06. The summed E-state index contributed by atoms with van der Waals surface area (Å²) in [5.41, 5.74) is 2.27. The Kier molecular flexibility index (Phi) is 3.78. The monoisotopic (exact) mass is 269 g/mol. The molecule has 0 saturated carbocycles. The highest BCUT2D eigenvalue weighted by molar-refractivity contribution is 5.56. The van der Waals surface area contributed by atoms with Gasteiger partial charge < -0.3 is 15.5 Å². The maximum atomic E-state index is 4.49. The van der Waals surface area contributed by atoms with Gasteiger partial charge in [0.05, 0.1) is 12.4 Å². The van der Waals surface area contributed by atoms with E-state index in [1.165, 1.54) is 5.56 Å². The van der Waals surface area contributed by atoms with E-state index in [1.807, 2.05) is 18.3 Å². The van der Waals surface area contributed by atoms with Crippen LogP contribution in [-0.4, -0.2) is 36.1 Å². The van der Waals surface area contributed by atoms with Gasteiger partial charge in [0.2, 0.25) is 0 Å². The molecular weight excluding hydrogens is 250 g/mol. The molecule has 2 heterocycles. The van der Waals surface area contributed by atoms with Crippen molar-refractivity contribution in [3.8, 4) is 0 Å². The SMILES string of the molecule is Cc1ccc(Nc2cnc(N3CCNCC3)cn2)cc1. The molecule has 5 heteroatoms. The van der Waals surface area contributed by atoms with Gasteiger partial charge in [-0.1, -0.05) is 17.7 Å². The third kappa shape index (κ3) is 3.05. The first-order chi connectivity index (χ1) is 9.81. The number of nitrogens with zero attached hydrogens (tertiary/aromatic N) is 3. The summed E-state index contributed by atoms with van der Waals surface area (Å²) in [5, 5.41) is 6.59. The van der Waals surface area contributed by atoms with E-state index in [4.69, 9.17) is 0 Å². The second kappa shape index (κ2) is 5.88. The fraction of sp³-hybridized carbons (Fsp3) is 0.333. The zero-order valence-electron chi connectivity index (χ0n) is 11.6. The number of nitrogens with one attached hydrogen (secondary N) is 2. The minimum absolute atomic E-state index is 0.771. The molecule has 3 rings (SSSR count). The molecule has 20 heavy (non-hydrogen) atoms. The molecule has 0 radical (unpaired) electrons. The largest absolute Gasteiger partial charge is 0.353 e. The van der Waals surface area contributed by atoms with Gasteiger partial charge in [0.15, 0.2) is 0 Å². The Labute approximate surface area is 119 Å². The minimum Gasteiger partial charge on any atom is -0.353 e. The molecule has 0 atom stereocenters. The molecule has 1 aliphatic heterocycles. The van der Waals surface area contributed by atoms with Crippen LogP contribution in [0.2, 0.25) is 0 Å². The van der Waals surface area contributed by atoms with Crippen LogP contribution >= 0.6 is 0 Å². The van der Waals surface area contributed by atoms with Crippen molar-refractivity contribution in [3.05, 3.63) is 42.2 Å². The Morgan fingerprint density at radius 1 is 1.05 bits per heavy atom. The average molecular weight is 269 g/mol. The van der Waals surface area contributed by atoms with E-state index in [0.717, 1.165) is 43.5 Å². The summed E-state index contributed by atoms with van der Waals surface area (Å²) < 4.78 is 0. The van der Waals surface area contributed by atoms with Crippen molar-refractivity contribution in [1.29, 1.82) is 0 Å². The second-order valence-corrected chi connectivity index (χ2v) is 4.99. The van der Waals surface area contributed by atoms with E-state index < -0.39 is 0 Å². The Hall–Kier alpha value is -2.14. The average Bonchev–Trinajstić information content (AvgIpc) is 2.51. The van der Waals surface area contributed by atoms with Crippen molar-refractivity contribution < 1.29 is 0 Å². The van der Waals surface area contributed by atoms with E-state index in [2.05, 4.69) is 44.6 Å². The molecular formula is C15H19N5. The Bertz CT molecular complexity index is 543. The molecule has 1 aliphatic rings. The molecule has 1 fully saturated rings. The molecule has 5 nitrogen and oxygen atoms in total. The van der Waals surface area contributed by atoms with Crippen molar-refractivity contribution in [2.24, 2.45) is 0 Å². The van der Waals surface area contributed by atoms with Crippen LogP contribution in [0.25, 0.3) is 0 Å². The van der Waals surface area contributed by atoms with E-state index >= 15 is 0 Å². The van der Waals surface area contributed by atoms with Crippen LogP contribution in [0.3, 0.4) is 0 Å². The predicted molar refractivity (Wildman–Crippen MR) is 81.6 cm³/mol. The number of benzene rings is 1. The van der Waals surface area contributed by atoms with Crippen molar-refractivity contribution in [1.82, 2.24) is 15.3 Å². The summed E-state index contributed by atoms with van der Waals surface area (Å²) in [6.07, 6.45) is 3.62. The lowest BCUT2D eigenvalue weighted by atomic mass is 10.2. The zero-order chi connectivity index (χ0) is 13.8. The number of hydrogen-bond donors (Lipinski definition) is 2. The maximum absolute atomic E-state index is 4.49. The van der Waals surface area contributed by atoms with Gasteiger partial charge in [0.1, 0.15) is 11.6 Å². The maximum Gasteiger partial charge on any atom is 0.149 e. The van der Waals surface area contributed by atoms with Gasteiger partial charge in [-0.3, -0.25) is 0 Å². The van der Waals surface area contributed by atoms with Crippen molar-refractivity contribution in [2.75, 3.05) is 36.4 Å². The summed E-state index contributed by atoms with van der Waals surface area (Å²) in [5.74, 6) is 1.72. The van der Waals surface area contributed by atoms with Crippen LogP contribution in [0.15, 0.2) is 36.7 Å². The topological polar surface area (TPSA) is 53.1 Å². The summed E-state index contributed by atoms with van der Waals surface area (Å²) in [6, 6.07) is 8.23. The first-order valence-corrected chi connectivity index (χ1v) is 6.93. The molecule has 2 aromatic rings. The van der Waals surface area contributed by atoms with Crippen LogP contribution in [0, 0.1) is 6.92 Å². The summed E-state index contributed by atoms with van der Waals surface area (Å²) in [4.78, 5) is 11.2. The highest BCUT2D eigenvalue weighted by atomic mass is 15.2. The third-order valence-electron chi connectivity index (χ3n) is 3.40. The highest BCUT2D eigenvalue weighted by Gasteiger charge is 2.11. The Morgan fingerprint density at radius 3 is 2.45 bits per heavy atom. The lowest BCUT2D eigenvalue weighted by Gasteiger charge is -2.28. The second-order valence-electron chi connectivity index (χ2n) is 4.99. The third-order valence-corrected chi connectivity index (χ3v) is 3.40. The van der Waals surface area contributed by atoms with Crippen LogP contribution in [0.1, 0.15) is 5.56 Å². The molecule has 0 aliphatic carbocycles. The number of aryl methyl sites for hydroxylation is 1. The number of aromatic nitrogens is 2. The number of rotatable bonds is 3. The molecule has 1 aromatic carbocycles. The van der Waals surface area contributed by atoms with Gasteiger partial charge in [-0.25, -0.2) is 9.97 Å². The molecule has 2 N–H and O–H groups in total. The van der Waals surface area contributed by atoms with Gasteiger partial charge in [-0.05, 0) is 19.1 Å². The van der Waals surface area contributed by atoms with Gasteiger partial charge in [-0.15, -0.1) is 0 Å². The molecule has 1 saturated heterocycles. The quantitative estimate of drug-likeness (QED) is 0.892. The molecule has 0 bridgehead atoms. The van der Waals surface area contributed by atoms with Crippen molar-refractivity contribution in [3.63, 3.8) is 0 Å². The summed E-state index contributed by atoms with van der Waals surface area (Å²) in [7, 11) is 0. The number of piperazine rings is 1. The normalized spacial score (nSPS) is 15.2. The van der Waals surface area contributed by atoms with Crippen LogP contribution in [0.4, 0.5) is 17.3 Å². The van der Waals surface area contributed by atoms with E-state index in [9.17, 15) is 0 Å². The van der Waals surface area contributed by atoms with Gasteiger partial charge >= 0.3 is 0 Å². The Balaban J connectivity index is 1.67. The highest BCUT2D eigenvalue weighted by Crippen LogP contribution is 2.16. The smallest absolute Gasteiger partial charge is 0.149 e. The van der Waals surface area contributed by atoms with Crippen LogP contribution < -0.4 is 15.5 Å². The first kappa shape index (κ1) is 12.9. The molecule has 1 aromatic heterocycles. The minimum atomic E-state index is 0.771. The number of hydrogen-bond acceptors (Lipinski definition) is 5. The lowest BCUT2D eigenvalue weighted by molar-refractivity contribution is 0.584. The Morgan fingerprint density at radius 2 is 1.80 bits per heavy atom. The van der Waals surface area contributed by atoms with Crippen LogP contribution in [0.5, 0.6) is 0 Å². The lowest BCUT2D eigenvalue weighted by Crippen LogP contribution is -2.43. The van der Waals surface area contributed by atoms with Crippen molar-refractivity contribution >= 4 is 17.3 Å². The summed E-state index contributed by atoms with van der Waals surface area (Å²) >= 11 is 0. The molecule has 0 amide bonds. The van der Waals surface area contributed by atoms with Gasteiger partial charge in [0, 0.05) is 31.9 Å². The van der Waals surface area contributed by atoms with Gasteiger partial charge in [-0.2, -0.15) is 0 Å².